The van der Waals surface area contributed by atoms with Gasteiger partial charge in [0.05, 0.1) is 17.9 Å². The van der Waals surface area contributed by atoms with E-state index in [4.69, 9.17) is 15.2 Å². The van der Waals surface area contributed by atoms with Crippen molar-refractivity contribution in [2.24, 2.45) is 15.9 Å². The lowest BCUT2D eigenvalue weighted by Gasteiger charge is -2.12. The van der Waals surface area contributed by atoms with E-state index in [1.54, 1.807) is 19.5 Å². The lowest BCUT2D eigenvalue weighted by atomic mass is 10.1. The molecule has 0 radical (unpaired) electrons. The van der Waals surface area contributed by atoms with Crippen molar-refractivity contribution in [3.63, 3.8) is 0 Å². The van der Waals surface area contributed by atoms with E-state index in [-0.39, 0.29) is 6.61 Å². The number of nitrogens with one attached hydrogen (secondary N) is 1. The van der Waals surface area contributed by atoms with E-state index in [9.17, 15) is 0 Å². The summed E-state index contributed by atoms with van der Waals surface area (Å²) >= 11 is 0. The Kier molecular flexibility index (Phi) is 7.04. The second-order valence-electron chi connectivity index (χ2n) is 7.61. The third-order valence-electron chi connectivity index (χ3n) is 4.89. The summed E-state index contributed by atoms with van der Waals surface area (Å²) in [6, 6.07) is 15.4. The van der Waals surface area contributed by atoms with Crippen LogP contribution < -0.4 is 15.8 Å². The van der Waals surface area contributed by atoms with Gasteiger partial charge >= 0.3 is 0 Å². The van der Waals surface area contributed by atoms with Crippen LogP contribution in [0.5, 0.6) is 11.5 Å². The minimum absolute atomic E-state index is 0.224. The summed E-state index contributed by atoms with van der Waals surface area (Å²) in [5.74, 6) is 2.43. The Morgan fingerprint density at radius 3 is 2.71 bits per heavy atom. The number of methoxy groups -OCH3 is 1. The molecule has 4 rings (SSSR count). The van der Waals surface area contributed by atoms with Crippen molar-refractivity contribution in [1.82, 2.24) is 15.0 Å². The first-order valence-corrected chi connectivity index (χ1v) is 10.6. The van der Waals surface area contributed by atoms with Crippen LogP contribution in [0.15, 0.2) is 71.3 Å². The van der Waals surface area contributed by atoms with Crippen molar-refractivity contribution >= 4 is 34.5 Å². The standard InChI is InChI=1S/C25H25N7O2/c1-16-10-19(6-9-23(16)34-20-7-4-17(2)27-13-20)31-25-21-11-18(5-8-22(21)28-15-29-25)12-30-32-24(26)14-33-3/h4-13,15H,14H2,1-3H3,(H2,26,32)(H,28,29,31). The van der Waals surface area contributed by atoms with Gasteiger partial charge in [-0.25, -0.2) is 9.97 Å². The van der Waals surface area contributed by atoms with Gasteiger partial charge in [-0.05, 0) is 67.4 Å². The molecule has 0 saturated heterocycles. The molecule has 172 valence electrons. The van der Waals surface area contributed by atoms with Gasteiger partial charge in [0.15, 0.2) is 0 Å². The number of anilines is 2. The van der Waals surface area contributed by atoms with Gasteiger partial charge in [0.2, 0.25) is 0 Å². The molecular formula is C25H25N7O2. The Balaban J connectivity index is 1.55. The van der Waals surface area contributed by atoms with Crippen LogP contribution in [-0.4, -0.2) is 40.7 Å². The Morgan fingerprint density at radius 2 is 1.94 bits per heavy atom. The summed E-state index contributed by atoms with van der Waals surface area (Å²) < 4.78 is 10.9. The summed E-state index contributed by atoms with van der Waals surface area (Å²) in [5, 5.41) is 12.2. The molecule has 2 heterocycles. The number of ether oxygens (including phenoxy) is 2. The number of fused-ring (bicyclic) bond motifs is 1. The molecule has 0 saturated carbocycles. The minimum atomic E-state index is 0.224. The molecule has 9 heteroatoms. The third kappa shape index (κ3) is 5.70. The zero-order chi connectivity index (χ0) is 23.9. The lowest BCUT2D eigenvalue weighted by molar-refractivity contribution is 0.244. The SMILES string of the molecule is COC/C(N)=N\N=Cc1ccc2ncnc(Nc3ccc(Oc4ccc(C)nc4)c(C)c3)c2c1. The van der Waals surface area contributed by atoms with Crippen LogP contribution >= 0.6 is 0 Å². The van der Waals surface area contributed by atoms with E-state index in [1.165, 1.54) is 6.33 Å². The maximum absolute atomic E-state index is 5.97. The van der Waals surface area contributed by atoms with Crippen molar-refractivity contribution in [1.29, 1.82) is 0 Å². The van der Waals surface area contributed by atoms with E-state index >= 15 is 0 Å². The summed E-state index contributed by atoms with van der Waals surface area (Å²) in [6.07, 6.45) is 4.87. The molecule has 3 N–H and O–H groups in total. The first-order chi connectivity index (χ1) is 16.5. The van der Waals surface area contributed by atoms with E-state index in [0.29, 0.717) is 17.4 Å². The van der Waals surface area contributed by atoms with E-state index < -0.39 is 0 Å². The van der Waals surface area contributed by atoms with Gasteiger partial charge in [0.1, 0.15) is 36.1 Å². The number of benzene rings is 2. The first kappa shape index (κ1) is 22.8. The Labute approximate surface area is 197 Å². The molecule has 9 nitrogen and oxygen atoms in total. The molecule has 0 fully saturated rings. The predicted octanol–water partition coefficient (Wildman–Crippen LogP) is 4.52. The number of aromatic nitrogens is 3. The van der Waals surface area contributed by atoms with Gasteiger partial charge in [-0.1, -0.05) is 6.07 Å². The third-order valence-corrected chi connectivity index (χ3v) is 4.89. The van der Waals surface area contributed by atoms with Crippen molar-refractivity contribution < 1.29 is 9.47 Å². The number of amidine groups is 1. The van der Waals surface area contributed by atoms with Crippen molar-refractivity contribution in [3.05, 3.63) is 77.9 Å². The van der Waals surface area contributed by atoms with Gasteiger partial charge < -0.3 is 20.5 Å². The average molecular weight is 456 g/mol. The quantitative estimate of drug-likeness (QED) is 0.228. The second-order valence-corrected chi connectivity index (χ2v) is 7.61. The van der Waals surface area contributed by atoms with E-state index in [0.717, 1.165) is 39.2 Å². The molecule has 4 aromatic rings. The van der Waals surface area contributed by atoms with E-state index in [1.807, 2.05) is 62.4 Å². The fraction of sp³-hybridized carbons (Fsp3) is 0.160. The fourth-order valence-corrected chi connectivity index (χ4v) is 3.22. The topological polar surface area (TPSA) is 120 Å². The van der Waals surface area contributed by atoms with Crippen molar-refractivity contribution in [2.45, 2.75) is 13.8 Å². The minimum Gasteiger partial charge on any atom is -0.455 e. The van der Waals surface area contributed by atoms with Crippen molar-refractivity contribution in [3.8, 4) is 11.5 Å². The van der Waals surface area contributed by atoms with Gasteiger partial charge in [-0.15, -0.1) is 5.10 Å². The average Bonchev–Trinajstić information content (AvgIpc) is 2.83. The Hall–Kier alpha value is -4.37. The van der Waals surface area contributed by atoms with Crippen LogP contribution in [0.2, 0.25) is 0 Å². The predicted molar refractivity (Wildman–Crippen MR) is 134 cm³/mol. The highest BCUT2D eigenvalue weighted by molar-refractivity contribution is 5.95. The van der Waals surface area contributed by atoms with Gasteiger partial charge in [-0.3, -0.25) is 4.98 Å². The van der Waals surface area contributed by atoms with Crippen LogP contribution in [0.4, 0.5) is 11.5 Å². The molecule has 0 amide bonds. The molecule has 0 bridgehead atoms. The van der Waals surface area contributed by atoms with Crippen LogP contribution in [0, 0.1) is 13.8 Å². The molecule has 0 unspecified atom stereocenters. The molecule has 2 aromatic heterocycles. The zero-order valence-corrected chi connectivity index (χ0v) is 19.2. The van der Waals surface area contributed by atoms with Crippen LogP contribution in [0.25, 0.3) is 10.9 Å². The maximum atomic E-state index is 5.97. The molecule has 0 aliphatic rings. The van der Waals surface area contributed by atoms with Crippen molar-refractivity contribution in [2.75, 3.05) is 19.0 Å². The van der Waals surface area contributed by atoms with E-state index in [2.05, 4.69) is 30.5 Å². The number of nitrogens with zero attached hydrogens (tertiary/aromatic N) is 5. The normalized spacial score (nSPS) is 11.8. The largest absolute Gasteiger partial charge is 0.455 e. The molecule has 2 aromatic carbocycles. The highest BCUT2D eigenvalue weighted by Crippen LogP contribution is 2.29. The molecule has 0 aliphatic carbocycles. The number of aryl methyl sites for hydroxylation is 2. The summed E-state index contributed by atoms with van der Waals surface area (Å²) in [7, 11) is 1.55. The number of hydrogen-bond acceptors (Lipinski definition) is 8. The maximum Gasteiger partial charge on any atom is 0.148 e. The smallest absolute Gasteiger partial charge is 0.148 e. The number of pyridine rings is 1. The molecular weight excluding hydrogens is 430 g/mol. The second kappa shape index (κ2) is 10.5. The molecule has 0 spiro atoms. The summed E-state index contributed by atoms with van der Waals surface area (Å²) in [4.78, 5) is 13.1. The molecule has 34 heavy (non-hydrogen) atoms. The van der Waals surface area contributed by atoms with Crippen LogP contribution in [0.3, 0.4) is 0 Å². The molecule has 0 aliphatic heterocycles. The number of nitrogens with two attached hydrogens (primary N) is 1. The van der Waals surface area contributed by atoms with Crippen LogP contribution in [-0.2, 0) is 4.74 Å². The van der Waals surface area contributed by atoms with Gasteiger partial charge in [0, 0.05) is 23.9 Å². The summed E-state index contributed by atoms with van der Waals surface area (Å²) in [6.45, 7) is 4.15. The monoisotopic (exact) mass is 455 g/mol. The Bertz CT molecular complexity index is 1350. The number of rotatable bonds is 8. The fourth-order valence-electron chi connectivity index (χ4n) is 3.22. The first-order valence-electron chi connectivity index (χ1n) is 10.6. The highest BCUT2D eigenvalue weighted by atomic mass is 16.5. The number of hydrogen-bond donors (Lipinski definition) is 2. The Morgan fingerprint density at radius 1 is 1.06 bits per heavy atom. The molecule has 0 atom stereocenters. The summed E-state index contributed by atoms with van der Waals surface area (Å²) in [5.41, 5.74) is 10.1. The highest BCUT2D eigenvalue weighted by Gasteiger charge is 2.08. The van der Waals surface area contributed by atoms with Gasteiger partial charge in [-0.2, -0.15) is 5.10 Å². The van der Waals surface area contributed by atoms with Gasteiger partial charge in [0.25, 0.3) is 0 Å². The lowest BCUT2D eigenvalue weighted by Crippen LogP contribution is -2.17. The van der Waals surface area contributed by atoms with Crippen LogP contribution in [0.1, 0.15) is 16.8 Å². The zero-order valence-electron chi connectivity index (χ0n) is 19.2.